The van der Waals surface area contributed by atoms with Gasteiger partial charge in [-0.1, -0.05) is 158 Å². The predicted molar refractivity (Wildman–Crippen MR) is 277 cm³/mol. The van der Waals surface area contributed by atoms with Crippen LogP contribution >= 0.6 is 0 Å². The van der Waals surface area contributed by atoms with Gasteiger partial charge in [-0.25, -0.2) is 8.78 Å². The van der Waals surface area contributed by atoms with Crippen LogP contribution in [0.4, 0.5) is 8.78 Å². The Morgan fingerprint density at radius 3 is 0.905 bits per heavy atom. The standard InChI is InChI=1S/C62H60F2O10/c63-53-27-21-49(22-28-53)41-73-59(43-67-35-51-25-31-55(69-37-45-13-5-1-6-14-45)57(33-51)71-39-47-17-9-3-10-18-47)61(65)62(66)60(74-42-50-23-29-54(64)30-24-50)44-68-36-52-26-32-56(70-38-46-15-7-2-8-16-46)58(34-52)72-40-48-19-11-4-12-20-48/h1-34,59-62,65-66H,35-44H2/t59-,60-,61-,62-/m1/s1. The normalized spacial score (nSPS) is 12.9. The van der Waals surface area contributed by atoms with Gasteiger partial charge in [0.05, 0.1) is 39.6 Å². The Morgan fingerprint density at radius 1 is 0.297 bits per heavy atom. The molecule has 0 radical (unpaired) electrons. The zero-order valence-electron chi connectivity index (χ0n) is 40.9. The number of rotatable bonds is 29. The molecule has 8 aromatic carbocycles. The lowest BCUT2D eigenvalue weighted by atomic mass is 10.0. The smallest absolute Gasteiger partial charge is 0.162 e. The lowest BCUT2D eigenvalue weighted by molar-refractivity contribution is -0.170. The minimum absolute atomic E-state index is 0.0274. The van der Waals surface area contributed by atoms with E-state index in [0.717, 1.165) is 33.4 Å². The van der Waals surface area contributed by atoms with Crippen molar-refractivity contribution < 1.29 is 56.9 Å². The first-order valence-corrected chi connectivity index (χ1v) is 24.5. The van der Waals surface area contributed by atoms with Crippen molar-refractivity contribution in [3.8, 4) is 23.0 Å². The van der Waals surface area contributed by atoms with Crippen LogP contribution in [0.1, 0.15) is 44.5 Å². The molecular formula is C62H60F2O10. The summed E-state index contributed by atoms with van der Waals surface area (Å²) in [6, 6.07) is 62.0. The molecule has 0 heterocycles. The van der Waals surface area contributed by atoms with Crippen LogP contribution in [-0.2, 0) is 71.8 Å². The first-order valence-electron chi connectivity index (χ1n) is 24.5. The molecule has 0 unspecified atom stereocenters. The highest BCUT2D eigenvalue weighted by molar-refractivity contribution is 5.44. The van der Waals surface area contributed by atoms with E-state index in [1.807, 2.05) is 158 Å². The van der Waals surface area contributed by atoms with Crippen LogP contribution in [0.5, 0.6) is 23.0 Å². The maximum absolute atomic E-state index is 13.9. The van der Waals surface area contributed by atoms with E-state index in [1.165, 1.54) is 24.3 Å². The maximum atomic E-state index is 13.9. The minimum atomic E-state index is -1.57. The molecule has 382 valence electrons. The van der Waals surface area contributed by atoms with E-state index in [-0.39, 0.29) is 39.6 Å². The lowest BCUT2D eigenvalue weighted by Crippen LogP contribution is -2.49. The molecule has 10 nitrogen and oxygen atoms in total. The molecule has 2 N–H and O–H groups in total. The van der Waals surface area contributed by atoms with Gasteiger partial charge in [-0.05, 0) is 93.0 Å². The van der Waals surface area contributed by atoms with E-state index in [4.69, 9.17) is 37.9 Å². The SMILES string of the molecule is O[C@@H]([C@H](O)[C@@H](COCc1ccc(OCc2ccccc2)c(OCc2ccccc2)c1)OCc1ccc(F)cc1)[C@@H](COCc1ccc(OCc2ccccc2)c(OCc2ccccc2)c1)OCc1ccc(F)cc1. The third-order valence-electron chi connectivity index (χ3n) is 11.9. The number of hydrogen-bond acceptors (Lipinski definition) is 10. The largest absolute Gasteiger partial charge is 0.485 e. The van der Waals surface area contributed by atoms with Crippen LogP contribution < -0.4 is 18.9 Å². The van der Waals surface area contributed by atoms with Crippen LogP contribution in [0.3, 0.4) is 0 Å². The number of hydrogen-bond donors (Lipinski definition) is 2. The van der Waals surface area contributed by atoms with E-state index in [9.17, 15) is 19.0 Å². The molecule has 0 aromatic heterocycles. The second kappa shape index (κ2) is 28.1. The van der Waals surface area contributed by atoms with Gasteiger partial charge in [0.15, 0.2) is 23.0 Å². The van der Waals surface area contributed by atoms with Crippen molar-refractivity contribution in [3.05, 3.63) is 262 Å². The molecule has 4 atom stereocenters. The van der Waals surface area contributed by atoms with Gasteiger partial charge in [0.25, 0.3) is 0 Å². The predicted octanol–water partition coefficient (Wildman–Crippen LogP) is 11.9. The molecule has 0 aliphatic heterocycles. The molecule has 8 rings (SSSR count). The molecule has 0 bridgehead atoms. The highest BCUT2D eigenvalue weighted by Crippen LogP contribution is 2.32. The highest BCUT2D eigenvalue weighted by Gasteiger charge is 2.34. The Bertz CT molecular complexity index is 2660. The molecule has 0 saturated carbocycles. The molecule has 0 aliphatic rings. The maximum Gasteiger partial charge on any atom is 0.162 e. The summed E-state index contributed by atoms with van der Waals surface area (Å²) in [5.74, 6) is 1.35. The Balaban J connectivity index is 0.967. The van der Waals surface area contributed by atoms with Crippen molar-refractivity contribution in [2.45, 2.75) is 77.3 Å². The Kier molecular flexibility index (Phi) is 20.1. The van der Waals surface area contributed by atoms with Crippen molar-refractivity contribution in [2.75, 3.05) is 13.2 Å². The minimum Gasteiger partial charge on any atom is -0.485 e. The zero-order valence-corrected chi connectivity index (χ0v) is 40.9. The summed E-state index contributed by atoms with van der Waals surface area (Å²) in [6.07, 6.45) is -5.37. The van der Waals surface area contributed by atoms with Crippen LogP contribution in [0.15, 0.2) is 206 Å². The van der Waals surface area contributed by atoms with Crippen LogP contribution in [-0.4, -0.2) is 47.8 Å². The van der Waals surface area contributed by atoms with Gasteiger partial charge in [0.1, 0.15) is 62.5 Å². The Morgan fingerprint density at radius 2 is 0.581 bits per heavy atom. The fourth-order valence-corrected chi connectivity index (χ4v) is 7.77. The van der Waals surface area contributed by atoms with Crippen molar-refractivity contribution in [3.63, 3.8) is 0 Å². The molecule has 0 aliphatic carbocycles. The number of aliphatic hydroxyl groups excluding tert-OH is 2. The Labute approximate surface area is 431 Å². The van der Waals surface area contributed by atoms with E-state index >= 15 is 0 Å². The van der Waals surface area contributed by atoms with Crippen molar-refractivity contribution in [2.24, 2.45) is 0 Å². The molecule has 8 aromatic rings. The number of benzene rings is 8. The van der Waals surface area contributed by atoms with Gasteiger partial charge in [0.2, 0.25) is 0 Å². The van der Waals surface area contributed by atoms with Crippen LogP contribution in [0, 0.1) is 11.6 Å². The summed E-state index contributed by atoms with van der Waals surface area (Å²) < 4.78 is 77.8. The molecule has 0 fully saturated rings. The summed E-state index contributed by atoms with van der Waals surface area (Å²) in [4.78, 5) is 0. The Hall–Kier alpha value is -7.42. The average Bonchev–Trinajstić information content (AvgIpc) is 3.44. The highest BCUT2D eigenvalue weighted by atomic mass is 19.1. The molecule has 0 spiro atoms. The van der Waals surface area contributed by atoms with Gasteiger partial charge >= 0.3 is 0 Å². The van der Waals surface area contributed by atoms with Crippen LogP contribution in [0.2, 0.25) is 0 Å². The fourth-order valence-electron chi connectivity index (χ4n) is 7.77. The van der Waals surface area contributed by atoms with Crippen molar-refractivity contribution in [1.29, 1.82) is 0 Å². The molecule has 0 saturated heterocycles. The summed E-state index contributed by atoms with van der Waals surface area (Å²) in [7, 11) is 0. The van der Waals surface area contributed by atoms with E-state index < -0.39 is 36.1 Å². The first-order chi connectivity index (χ1) is 36.3. The van der Waals surface area contributed by atoms with E-state index in [2.05, 4.69) is 0 Å². The summed E-state index contributed by atoms with van der Waals surface area (Å²) in [5, 5.41) is 24.0. The van der Waals surface area contributed by atoms with Gasteiger partial charge in [0, 0.05) is 0 Å². The van der Waals surface area contributed by atoms with Gasteiger partial charge < -0.3 is 48.1 Å². The van der Waals surface area contributed by atoms with Crippen LogP contribution in [0.25, 0.3) is 0 Å². The second-order valence-corrected chi connectivity index (χ2v) is 17.6. The third kappa shape index (κ3) is 16.8. The van der Waals surface area contributed by atoms with E-state index in [1.54, 1.807) is 24.3 Å². The number of halogens is 2. The number of ether oxygens (including phenoxy) is 8. The topological polar surface area (TPSA) is 114 Å². The summed E-state index contributed by atoms with van der Waals surface area (Å²) in [5.41, 5.74) is 6.77. The average molecular weight is 1000 g/mol. The molecule has 0 amide bonds. The quantitative estimate of drug-likeness (QED) is 0.0470. The first kappa shape index (κ1) is 52.9. The number of aliphatic hydroxyl groups is 2. The molecular weight excluding hydrogens is 943 g/mol. The van der Waals surface area contributed by atoms with Gasteiger partial charge in [-0.2, -0.15) is 0 Å². The van der Waals surface area contributed by atoms with Crippen molar-refractivity contribution >= 4 is 0 Å². The third-order valence-corrected chi connectivity index (χ3v) is 11.9. The van der Waals surface area contributed by atoms with Gasteiger partial charge in [-0.15, -0.1) is 0 Å². The molecule has 12 heteroatoms. The van der Waals surface area contributed by atoms with Gasteiger partial charge in [-0.3, -0.25) is 0 Å². The van der Waals surface area contributed by atoms with Crippen molar-refractivity contribution in [1.82, 2.24) is 0 Å². The van der Waals surface area contributed by atoms with E-state index in [0.29, 0.717) is 60.6 Å². The summed E-state index contributed by atoms with van der Waals surface area (Å²) in [6.45, 7) is 1.09. The molecule has 74 heavy (non-hydrogen) atoms. The summed E-state index contributed by atoms with van der Waals surface area (Å²) >= 11 is 0. The lowest BCUT2D eigenvalue weighted by Gasteiger charge is -2.32. The zero-order chi connectivity index (χ0) is 51.2. The second-order valence-electron chi connectivity index (χ2n) is 17.6. The monoisotopic (exact) mass is 1000 g/mol. The fraction of sp³-hybridized carbons (Fsp3) is 0.226.